The van der Waals surface area contributed by atoms with Gasteiger partial charge < -0.3 is 5.11 Å². The molecule has 1 aliphatic rings. The first kappa shape index (κ1) is 12.4. The molecule has 92 valence electrons. The van der Waals surface area contributed by atoms with E-state index in [1.807, 2.05) is 29.2 Å². The summed E-state index contributed by atoms with van der Waals surface area (Å²) < 4.78 is 0. The van der Waals surface area contributed by atoms with E-state index in [9.17, 15) is 9.90 Å². The minimum atomic E-state index is -0.725. The molecule has 2 rings (SSSR count). The van der Waals surface area contributed by atoms with Crippen LogP contribution in [-0.4, -0.2) is 28.6 Å². The zero-order chi connectivity index (χ0) is 12.3. The van der Waals surface area contributed by atoms with E-state index in [0.29, 0.717) is 11.6 Å². The van der Waals surface area contributed by atoms with Gasteiger partial charge >= 0.3 is 5.97 Å². The van der Waals surface area contributed by atoms with Gasteiger partial charge in [0.25, 0.3) is 0 Å². The number of likely N-dealkylation sites (tertiary alicyclic amines) is 1. The molecule has 1 N–H and O–H groups in total. The molecule has 1 saturated heterocycles. The molecule has 0 bridgehead atoms. The maximum atomic E-state index is 11.2. The number of benzene rings is 1. The summed E-state index contributed by atoms with van der Waals surface area (Å²) in [7, 11) is 0. The normalized spacial score (nSPS) is 21.4. The van der Waals surface area contributed by atoms with Crippen molar-refractivity contribution >= 4 is 17.6 Å². The molecule has 1 aromatic rings. The number of aliphatic carboxylic acids is 1. The molecular weight excluding hydrogens is 238 g/mol. The average molecular weight is 254 g/mol. The van der Waals surface area contributed by atoms with Crippen LogP contribution >= 0.6 is 11.6 Å². The van der Waals surface area contributed by atoms with Crippen LogP contribution in [-0.2, 0) is 11.3 Å². The van der Waals surface area contributed by atoms with Gasteiger partial charge in [0.05, 0.1) is 0 Å². The molecule has 0 aromatic heterocycles. The minimum absolute atomic E-state index is 0.361. The zero-order valence-electron chi connectivity index (χ0n) is 9.60. The first-order valence-corrected chi connectivity index (χ1v) is 6.26. The standard InChI is InChI=1S/C13H16ClNO2/c14-11-6-2-1-5-10(11)9-15-8-4-3-7-12(15)13(16)17/h1-2,5-6,12H,3-4,7-9H2,(H,16,17)/t12-/m1/s1. The fourth-order valence-corrected chi connectivity index (χ4v) is 2.50. The third kappa shape index (κ3) is 2.99. The van der Waals surface area contributed by atoms with E-state index in [1.54, 1.807) is 0 Å². The Morgan fingerprint density at radius 3 is 2.88 bits per heavy atom. The molecule has 0 aliphatic carbocycles. The smallest absolute Gasteiger partial charge is 0.320 e. The van der Waals surface area contributed by atoms with Crippen LogP contribution in [0.5, 0.6) is 0 Å². The van der Waals surface area contributed by atoms with Gasteiger partial charge in [-0.05, 0) is 31.0 Å². The largest absolute Gasteiger partial charge is 0.480 e. The zero-order valence-corrected chi connectivity index (χ0v) is 10.4. The lowest BCUT2D eigenvalue weighted by Crippen LogP contribution is -2.44. The Kier molecular flexibility index (Phi) is 4.02. The van der Waals surface area contributed by atoms with Gasteiger partial charge in [-0.1, -0.05) is 36.2 Å². The third-order valence-electron chi connectivity index (χ3n) is 3.23. The van der Waals surface area contributed by atoms with Gasteiger partial charge in [-0.3, -0.25) is 9.69 Å². The summed E-state index contributed by atoms with van der Waals surface area (Å²) in [4.78, 5) is 13.2. The Morgan fingerprint density at radius 2 is 2.18 bits per heavy atom. The summed E-state index contributed by atoms with van der Waals surface area (Å²) in [5, 5.41) is 9.89. The number of carboxylic acids is 1. The molecule has 1 atom stereocenters. The SMILES string of the molecule is O=C(O)[C@H]1CCCCN1Cc1ccccc1Cl. The summed E-state index contributed by atoms with van der Waals surface area (Å²) in [6.45, 7) is 1.46. The van der Waals surface area contributed by atoms with Crippen molar-refractivity contribution in [2.45, 2.75) is 31.8 Å². The molecule has 0 saturated carbocycles. The number of carbonyl (C=O) groups is 1. The molecule has 0 spiro atoms. The van der Waals surface area contributed by atoms with Crippen molar-refractivity contribution in [3.63, 3.8) is 0 Å². The predicted molar refractivity (Wildman–Crippen MR) is 67.1 cm³/mol. The van der Waals surface area contributed by atoms with Gasteiger partial charge in [0, 0.05) is 11.6 Å². The Hall–Kier alpha value is -1.06. The first-order chi connectivity index (χ1) is 8.18. The summed E-state index contributed by atoms with van der Waals surface area (Å²) >= 11 is 6.10. The molecule has 1 heterocycles. The van der Waals surface area contributed by atoms with E-state index >= 15 is 0 Å². The maximum absolute atomic E-state index is 11.2. The Balaban J connectivity index is 2.11. The molecule has 17 heavy (non-hydrogen) atoms. The fraction of sp³-hybridized carbons (Fsp3) is 0.462. The van der Waals surface area contributed by atoms with E-state index < -0.39 is 5.97 Å². The minimum Gasteiger partial charge on any atom is -0.480 e. The number of halogens is 1. The Bertz CT molecular complexity index is 408. The van der Waals surface area contributed by atoms with Crippen molar-refractivity contribution in [1.29, 1.82) is 0 Å². The highest BCUT2D eigenvalue weighted by Gasteiger charge is 2.28. The van der Waals surface area contributed by atoms with Crippen LogP contribution in [0.1, 0.15) is 24.8 Å². The number of nitrogens with zero attached hydrogens (tertiary/aromatic N) is 1. The molecule has 1 fully saturated rings. The van der Waals surface area contributed by atoms with Crippen LogP contribution < -0.4 is 0 Å². The molecule has 3 nitrogen and oxygen atoms in total. The van der Waals surface area contributed by atoms with Gasteiger partial charge in [0.15, 0.2) is 0 Å². The second-order valence-electron chi connectivity index (χ2n) is 4.41. The summed E-state index contributed by atoms with van der Waals surface area (Å²) in [5.41, 5.74) is 1.00. The van der Waals surface area contributed by atoms with Crippen molar-refractivity contribution in [3.8, 4) is 0 Å². The van der Waals surface area contributed by atoms with Gasteiger partial charge in [-0.2, -0.15) is 0 Å². The van der Waals surface area contributed by atoms with Crippen LogP contribution in [0.3, 0.4) is 0 Å². The monoisotopic (exact) mass is 253 g/mol. The van der Waals surface area contributed by atoms with Crippen LogP contribution in [0.4, 0.5) is 0 Å². The van der Waals surface area contributed by atoms with Crippen molar-refractivity contribution in [2.24, 2.45) is 0 Å². The predicted octanol–water partition coefficient (Wildman–Crippen LogP) is 2.78. The van der Waals surface area contributed by atoms with Gasteiger partial charge in [-0.15, -0.1) is 0 Å². The molecule has 0 unspecified atom stereocenters. The highest BCUT2D eigenvalue weighted by atomic mass is 35.5. The summed E-state index contributed by atoms with van der Waals surface area (Å²) in [6, 6.07) is 7.25. The van der Waals surface area contributed by atoms with Crippen molar-refractivity contribution in [2.75, 3.05) is 6.54 Å². The van der Waals surface area contributed by atoms with Crippen molar-refractivity contribution in [3.05, 3.63) is 34.9 Å². The lowest BCUT2D eigenvalue weighted by atomic mass is 10.0. The first-order valence-electron chi connectivity index (χ1n) is 5.89. The lowest BCUT2D eigenvalue weighted by molar-refractivity contribution is -0.144. The van der Waals surface area contributed by atoms with E-state index in [0.717, 1.165) is 31.4 Å². The fourth-order valence-electron chi connectivity index (χ4n) is 2.31. The third-order valence-corrected chi connectivity index (χ3v) is 3.60. The van der Waals surface area contributed by atoms with Crippen molar-refractivity contribution in [1.82, 2.24) is 4.90 Å². The Morgan fingerprint density at radius 1 is 1.41 bits per heavy atom. The number of hydrogen-bond acceptors (Lipinski definition) is 2. The van der Waals surface area contributed by atoms with Crippen LogP contribution in [0.2, 0.25) is 5.02 Å². The summed E-state index contributed by atoms with van der Waals surface area (Å²) in [5.74, 6) is -0.725. The second kappa shape index (κ2) is 5.52. The highest BCUT2D eigenvalue weighted by molar-refractivity contribution is 6.31. The molecule has 0 amide bonds. The van der Waals surface area contributed by atoms with Gasteiger partial charge in [0.2, 0.25) is 0 Å². The topological polar surface area (TPSA) is 40.5 Å². The second-order valence-corrected chi connectivity index (χ2v) is 4.82. The molecule has 1 aromatic carbocycles. The van der Waals surface area contributed by atoms with E-state index in [4.69, 9.17) is 11.6 Å². The van der Waals surface area contributed by atoms with Crippen LogP contribution in [0.25, 0.3) is 0 Å². The van der Waals surface area contributed by atoms with Gasteiger partial charge in [0.1, 0.15) is 6.04 Å². The van der Waals surface area contributed by atoms with E-state index in [2.05, 4.69) is 0 Å². The number of hydrogen-bond donors (Lipinski definition) is 1. The molecule has 0 radical (unpaired) electrons. The molecule has 1 aliphatic heterocycles. The van der Waals surface area contributed by atoms with Crippen LogP contribution in [0.15, 0.2) is 24.3 Å². The van der Waals surface area contributed by atoms with Crippen LogP contribution in [0, 0.1) is 0 Å². The highest BCUT2D eigenvalue weighted by Crippen LogP contribution is 2.23. The van der Waals surface area contributed by atoms with E-state index in [-0.39, 0.29) is 6.04 Å². The number of carboxylic acid groups (broad SMARTS) is 1. The van der Waals surface area contributed by atoms with E-state index in [1.165, 1.54) is 0 Å². The van der Waals surface area contributed by atoms with Gasteiger partial charge in [-0.25, -0.2) is 0 Å². The quantitative estimate of drug-likeness (QED) is 0.901. The molecule has 4 heteroatoms. The van der Waals surface area contributed by atoms with Crippen molar-refractivity contribution < 1.29 is 9.90 Å². The number of piperidine rings is 1. The number of rotatable bonds is 3. The molecular formula is C13H16ClNO2. The average Bonchev–Trinajstić information content (AvgIpc) is 2.32. The maximum Gasteiger partial charge on any atom is 0.320 e. The lowest BCUT2D eigenvalue weighted by Gasteiger charge is -2.33. The summed E-state index contributed by atoms with van der Waals surface area (Å²) in [6.07, 6.45) is 2.80. The Labute approximate surface area is 106 Å².